The number of carbonyl (C=O) groups is 1. The van der Waals surface area contributed by atoms with Gasteiger partial charge in [0.1, 0.15) is 5.75 Å². The van der Waals surface area contributed by atoms with Crippen molar-refractivity contribution in [3.63, 3.8) is 0 Å². The monoisotopic (exact) mass is 235 g/mol. The van der Waals surface area contributed by atoms with Gasteiger partial charge in [-0.3, -0.25) is 4.79 Å². The van der Waals surface area contributed by atoms with Crippen LogP contribution < -0.4 is 10.1 Å². The van der Waals surface area contributed by atoms with Crippen LogP contribution in [-0.2, 0) is 4.79 Å². The molecule has 0 saturated carbocycles. The summed E-state index contributed by atoms with van der Waals surface area (Å²) in [4.78, 5) is 11.8. The summed E-state index contributed by atoms with van der Waals surface area (Å²) in [5.74, 6) is 1.06. The lowest BCUT2D eigenvalue weighted by atomic mass is 10.1. The highest BCUT2D eigenvalue weighted by Gasteiger charge is 2.18. The smallest absolute Gasteiger partial charge is 0.260 e. The van der Waals surface area contributed by atoms with Crippen LogP contribution in [0.15, 0.2) is 30.3 Å². The Hall–Kier alpha value is -1.51. The molecule has 0 aliphatic heterocycles. The molecule has 0 heterocycles. The van der Waals surface area contributed by atoms with Crippen molar-refractivity contribution < 1.29 is 9.53 Å². The van der Waals surface area contributed by atoms with Crippen molar-refractivity contribution in [2.24, 2.45) is 5.92 Å². The van der Waals surface area contributed by atoms with Crippen LogP contribution in [0, 0.1) is 5.92 Å². The number of amides is 1. The predicted octanol–water partition coefficient (Wildman–Crippen LogP) is 2.61. The Bertz CT molecular complexity index is 348. The first-order valence-corrected chi connectivity index (χ1v) is 6.02. The molecule has 17 heavy (non-hydrogen) atoms. The van der Waals surface area contributed by atoms with Gasteiger partial charge in [0, 0.05) is 6.04 Å². The van der Waals surface area contributed by atoms with Crippen LogP contribution in [-0.4, -0.2) is 18.1 Å². The normalized spacial score (nSPS) is 14.2. The van der Waals surface area contributed by atoms with Crippen molar-refractivity contribution >= 4 is 5.91 Å². The lowest BCUT2D eigenvalue weighted by Crippen LogP contribution is -2.43. The summed E-state index contributed by atoms with van der Waals surface area (Å²) in [7, 11) is 0. The lowest BCUT2D eigenvalue weighted by molar-refractivity contribution is -0.128. The minimum absolute atomic E-state index is 0.0740. The van der Waals surface area contributed by atoms with Gasteiger partial charge in [0.15, 0.2) is 6.10 Å². The molecule has 1 aromatic rings. The molecule has 1 rings (SSSR count). The molecule has 0 aromatic heterocycles. The van der Waals surface area contributed by atoms with E-state index in [1.807, 2.05) is 37.3 Å². The molecule has 3 heteroatoms. The maximum atomic E-state index is 11.8. The number of hydrogen-bond acceptors (Lipinski definition) is 2. The number of ether oxygens (including phenoxy) is 1. The van der Waals surface area contributed by atoms with Gasteiger partial charge in [0.25, 0.3) is 5.91 Å². The number of nitrogens with one attached hydrogen (secondary N) is 1. The Balaban J connectivity index is 2.48. The van der Waals surface area contributed by atoms with Crippen LogP contribution in [0.5, 0.6) is 5.75 Å². The maximum absolute atomic E-state index is 11.8. The fourth-order valence-electron chi connectivity index (χ4n) is 1.27. The molecule has 0 spiro atoms. The maximum Gasteiger partial charge on any atom is 0.260 e. The number of carbonyl (C=O) groups excluding carboxylic acids is 1. The molecule has 1 N–H and O–H groups in total. The molecule has 3 nitrogen and oxygen atoms in total. The third-order valence-electron chi connectivity index (χ3n) is 2.80. The van der Waals surface area contributed by atoms with E-state index in [9.17, 15) is 4.79 Å². The van der Waals surface area contributed by atoms with E-state index in [2.05, 4.69) is 19.2 Å². The number of rotatable bonds is 5. The summed E-state index contributed by atoms with van der Waals surface area (Å²) in [5, 5.41) is 2.94. The van der Waals surface area contributed by atoms with Gasteiger partial charge in [-0.25, -0.2) is 0 Å². The zero-order valence-electron chi connectivity index (χ0n) is 10.9. The summed E-state index contributed by atoms with van der Waals surface area (Å²) in [6.45, 7) is 7.91. The molecule has 0 bridgehead atoms. The molecule has 1 aromatic carbocycles. The minimum atomic E-state index is -0.474. The molecule has 0 radical (unpaired) electrons. The molecule has 0 saturated heterocycles. The van der Waals surface area contributed by atoms with E-state index < -0.39 is 6.10 Å². The lowest BCUT2D eigenvalue weighted by Gasteiger charge is -2.21. The third-order valence-corrected chi connectivity index (χ3v) is 2.80. The van der Waals surface area contributed by atoms with E-state index in [-0.39, 0.29) is 11.9 Å². The van der Waals surface area contributed by atoms with Gasteiger partial charge < -0.3 is 10.1 Å². The number of benzene rings is 1. The topological polar surface area (TPSA) is 38.3 Å². The second-order valence-electron chi connectivity index (χ2n) is 4.61. The Kier molecular flexibility index (Phi) is 5.01. The summed E-state index contributed by atoms with van der Waals surface area (Å²) in [5.41, 5.74) is 0. The van der Waals surface area contributed by atoms with Gasteiger partial charge in [-0.1, -0.05) is 32.0 Å². The summed E-state index contributed by atoms with van der Waals surface area (Å²) >= 11 is 0. The minimum Gasteiger partial charge on any atom is -0.481 e. The van der Waals surface area contributed by atoms with E-state index >= 15 is 0 Å². The molecule has 0 fully saturated rings. The van der Waals surface area contributed by atoms with Gasteiger partial charge in [0.2, 0.25) is 0 Å². The van der Waals surface area contributed by atoms with E-state index in [0.29, 0.717) is 11.7 Å². The van der Waals surface area contributed by atoms with Crippen molar-refractivity contribution in [2.45, 2.75) is 39.8 Å². The van der Waals surface area contributed by atoms with E-state index in [1.165, 1.54) is 0 Å². The number of para-hydroxylation sites is 1. The highest BCUT2D eigenvalue weighted by molar-refractivity contribution is 5.80. The highest BCUT2D eigenvalue weighted by atomic mass is 16.5. The standard InChI is InChI=1S/C14H21NO2/c1-10(2)11(3)15-14(16)12(4)17-13-8-6-5-7-9-13/h5-12H,1-4H3,(H,15,16)/t11-,12-/m0/s1. The molecule has 2 atom stereocenters. The second kappa shape index (κ2) is 6.28. The first kappa shape index (κ1) is 13.6. The van der Waals surface area contributed by atoms with Crippen molar-refractivity contribution in [2.75, 3.05) is 0 Å². The molecular weight excluding hydrogens is 214 g/mol. The van der Waals surface area contributed by atoms with Crippen molar-refractivity contribution in [3.05, 3.63) is 30.3 Å². The highest BCUT2D eigenvalue weighted by Crippen LogP contribution is 2.11. The van der Waals surface area contributed by atoms with E-state index in [0.717, 1.165) is 0 Å². The van der Waals surface area contributed by atoms with E-state index in [1.54, 1.807) is 6.92 Å². The van der Waals surface area contributed by atoms with Crippen LogP contribution in [0.3, 0.4) is 0 Å². The van der Waals surface area contributed by atoms with Crippen LogP contribution in [0.2, 0.25) is 0 Å². The Morgan fingerprint density at radius 1 is 1.12 bits per heavy atom. The largest absolute Gasteiger partial charge is 0.481 e. The fraction of sp³-hybridized carbons (Fsp3) is 0.500. The number of hydrogen-bond donors (Lipinski definition) is 1. The average Bonchev–Trinajstić information content (AvgIpc) is 2.29. The predicted molar refractivity (Wildman–Crippen MR) is 69.0 cm³/mol. The quantitative estimate of drug-likeness (QED) is 0.852. The van der Waals surface area contributed by atoms with Crippen LogP contribution >= 0.6 is 0 Å². The van der Waals surface area contributed by atoms with Gasteiger partial charge in [-0.05, 0) is 31.9 Å². The third kappa shape index (κ3) is 4.47. The van der Waals surface area contributed by atoms with Gasteiger partial charge >= 0.3 is 0 Å². The van der Waals surface area contributed by atoms with Gasteiger partial charge in [-0.2, -0.15) is 0 Å². The SMILES string of the molecule is CC(C)[C@H](C)NC(=O)[C@H](C)Oc1ccccc1. The Labute approximate surface area is 103 Å². The molecular formula is C14H21NO2. The van der Waals surface area contributed by atoms with Gasteiger partial charge in [0.05, 0.1) is 0 Å². The summed E-state index contributed by atoms with van der Waals surface area (Å²) in [6.07, 6.45) is -0.474. The average molecular weight is 235 g/mol. The zero-order chi connectivity index (χ0) is 12.8. The first-order valence-electron chi connectivity index (χ1n) is 6.02. The Morgan fingerprint density at radius 2 is 1.71 bits per heavy atom. The van der Waals surface area contributed by atoms with Gasteiger partial charge in [-0.15, -0.1) is 0 Å². The van der Waals surface area contributed by atoms with Crippen LogP contribution in [0.25, 0.3) is 0 Å². The van der Waals surface area contributed by atoms with Crippen LogP contribution in [0.1, 0.15) is 27.7 Å². The van der Waals surface area contributed by atoms with E-state index in [4.69, 9.17) is 4.74 Å². The first-order chi connectivity index (χ1) is 8.00. The molecule has 1 amide bonds. The second-order valence-corrected chi connectivity index (χ2v) is 4.61. The molecule has 0 aliphatic rings. The Morgan fingerprint density at radius 3 is 2.24 bits per heavy atom. The fourth-order valence-corrected chi connectivity index (χ4v) is 1.27. The molecule has 94 valence electrons. The van der Waals surface area contributed by atoms with Crippen molar-refractivity contribution in [1.82, 2.24) is 5.32 Å². The zero-order valence-corrected chi connectivity index (χ0v) is 10.9. The van der Waals surface area contributed by atoms with Crippen LogP contribution in [0.4, 0.5) is 0 Å². The van der Waals surface area contributed by atoms with Crippen molar-refractivity contribution in [3.8, 4) is 5.75 Å². The summed E-state index contributed by atoms with van der Waals surface area (Å²) in [6, 6.07) is 9.53. The molecule has 0 unspecified atom stereocenters. The summed E-state index contributed by atoms with van der Waals surface area (Å²) < 4.78 is 5.54. The molecule has 0 aliphatic carbocycles. The van der Waals surface area contributed by atoms with Crippen molar-refractivity contribution in [1.29, 1.82) is 0 Å².